The van der Waals surface area contributed by atoms with Crippen molar-refractivity contribution in [2.24, 2.45) is 0 Å². The second-order valence-electron chi connectivity index (χ2n) is 6.79. The Balaban J connectivity index is 2.21. The van der Waals surface area contributed by atoms with Gasteiger partial charge >= 0.3 is 0 Å². The number of anilines is 3. The standard InChI is InChI=1S/C21H17N3O5S/c1-24-11-6-4-5-10(9-11)14-15-16(18(23)21(17(14)22)30(27,28)29)20(26)13-8-3-2-7-12(13)19(15)25/h2-9,24H,22-23H2,1H3,(H,27,28,29). The topological polar surface area (TPSA) is 153 Å². The largest absolute Gasteiger partial charge is 0.397 e. The highest BCUT2D eigenvalue weighted by molar-refractivity contribution is 7.86. The summed E-state index contributed by atoms with van der Waals surface area (Å²) in [7, 11) is -3.20. The number of fused-ring (bicyclic) bond motifs is 2. The highest BCUT2D eigenvalue weighted by Crippen LogP contribution is 2.45. The smallest absolute Gasteiger partial charge is 0.298 e. The second kappa shape index (κ2) is 6.68. The minimum atomic E-state index is -4.89. The number of hydrogen-bond donors (Lipinski definition) is 4. The fraction of sp³-hybridized carbons (Fsp3) is 0.0476. The summed E-state index contributed by atoms with van der Waals surface area (Å²) in [6.45, 7) is 0. The second-order valence-corrected chi connectivity index (χ2v) is 8.15. The van der Waals surface area contributed by atoms with E-state index in [9.17, 15) is 22.6 Å². The third-order valence-corrected chi connectivity index (χ3v) is 6.05. The Bertz CT molecular complexity index is 1360. The summed E-state index contributed by atoms with van der Waals surface area (Å²) in [6, 6.07) is 12.9. The van der Waals surface area contributed by atoms with E-state index < -0.39 is 38.0 Å². The number of ketones is 2. The molecule has 0 saturated carbocycles. The number of carbonyl (C=O) groups excluding carboxylic acids is 2. The van der Waals surface area contributed by atoms with Gasteiger partial charge in [-0.3, -0.25) is 14.1 Å². The van der Waals surface area contributed by atoms with Gasteiger partial charge in [0.05, 0.1) is 16.9 Å². The van der Waals surface area contributed by atoms with Gasteiger partial charge in [-0.15, -0.1) is 0 Å². The summed E-state index contributed by atoms with van der Waals surface area (Å²) in [5.41, 5.74) is 12.2. The minimum Gasteiger partial charge on any atom is -0.397 e. The molecule has 0 spiro atoms. The summed E-state index contributed by atoms with van der Waals surface area (Å²) < 4.78 is 34.0. The Kier molecular flexibility index (Phi) is 4.37. The van der Waals surface area contributed by atoms with Crippen molar-refractivity contribution in [3.8, 4) is 11.1 Å². The van der Waals surface area contributed by atoms with Crippen LogP contribution in [0.15, 0.2) is 53.4 Å². The van der Waals surface area contributed by atoms with Crippen LogP contribution in [0.3, 0.4) is 0 Å². The van der Waals surface area contributed by atoms with E-state index in [0.717, 1.165) is 0 Å². The van der Waals surface area contributed by atoms with E-state index in [1.165, 1.54) is 12.1 Å². The van der Waals surface area contributed by atoms with Gasteiger partial charge < -0.3 is 16.8 Å². The molecule has 0 bridgehead atoms. The Labute approximate surface area is 172 Å². The monoisotopic (exact) mass is 423 g/mol. The predicted molar refractivity (Wildman–Crippen MR) is 113 cm³/mol. The third-order valence-electron chi connectivity index (χ3n) is 5.10. The molecule has 4 rings (SSSR count). The molecule has 0 saturated heterocycles. The number of nitrogens with two attached hydrogens (primary N) is 2. The van der Waals surface area contributed by atoms with Gasteiger partial charge in [0, 0.05) is 35.0 Å². The van der Waals surface area contributed by atoms with Gasteiger partial charge in [-0.05, 0) is 17.7 Å². The minimum absolute atomic E-state index is 0.0248. The Morgan fingerprint density at radius 2 is 1.40 bits per heavy atom. The van der Waals surface area contributed by atoms with Gasteiger partial charge in [-0.25, -0.2) is 0 Å². The quantitative estimate of drug-likeness (QED) is 0.290. The molecule has 1 aliphatic rings. The molecule has 0 amide bonds. The first-order chi connectivity index (χ1) is 14.2. The molecule has 0 aliphatic heterocycles. The normalized spacial score (nSPS) is 13.0. The average Bonchev–Trinajstić information content (AvgIpc) is 2.70. The van der Waals surface area contributed by atoms with Crippen LogP contribution in [0.5, 0.6) is 0 Å². The lowest BCUT2D eigenvalue weighted by atomic mass is 9.79. The van der Waals surface area contributed by atoms with E-state index in [-0.39, 0.29) is 27.8 Å². The summed E-state index contributed by atoms with van der Waals surface area (Å²) in [6.07, 6.45) is 0. The number of nitrogens with one attached hydrogen (secondary N) is 1. The maximum atomic E-state index is 13.4. The van der Waals surface area contributed by atoms with E-state index in [1.807, 2.05) is 0 Å². The maximum absolute atomic E-state index is 13.4. The zero-order valence-corrected chi connectivity index (χ0v) is 16.6. The number of nitrogen functional groups attached to an aromatic ring is 2. The fourth-order valence-corrected chi connectivity index (χ4v) is 4.55. The van der Waals surface area contributed by atoms with Crippen LogP contribution in [0.1, 0.15) is 31.8 Å². The summed E-state index contributed by atoms with van der Waals surface area (Å²) in [5, 5.41) is 2.94. The van der Waals surface area contributed by atoms with Crippen LogP contribution in [0.4, 0.5) is 17.1 Å². The Hall–Kier alpha value is -3.69. The fourth-order valence-electron chi connectivity index (χ4n) is 3.79. The van der Waals surface area contributed by atoms with E-state index in [2.05, 4.69) is 5.32 Å². The van der Waals surface area contributed by atoms with Gasteiger partial charge in [0.15, 0.2) is 11.6 Å². The van der Waals surface area contributed by atoms with Crippen molar-refractivity contribution in [1.82, 2.24) is 0 Å². The molecule has 1 aliphatic carbocycles. The van der Waals surface area contributed by atoms with Crippen molar-refractivity contribution in [3.05, 3.63) is 70.8 Å². The number of benzene rings is 3. The highest BCUT2D eigenvalue weighted by Gasteiger charge is 2.38. The lowest BCUT2D eigenvalue weighted by molar-refractivity contribution is 0.0980. The molecule has 3 aromatic carbocycles. The molecular weight excluding hydrogens is 406 g/mol. The van der Waals surface area contributed by atoms with E-state index >= 15 is 0 Å². The van der Waals surface area contributed by atoms with Crippen LogP contribution < -0.4 is 16.8 Å². The summed E-state index contributed by atoms with van der Waals surface area (Å²) >= 11 is 0. The molecule has 6 N–H and O–H groups in total. The van der Waals surface area contributed by atoms with Crippen molar-refractivity contribution in [2.75, 3.05) is 23.8 Å². The van der Waals surface area contributed by atoms with E-state index in [1.54, 1.807) is 43.4 Å². The molecule has 0 atom stereocenters. The van der Waals surface area contributed by atoms with Crippen molar-refractivity contribution in [3.63, 3.8) is 0 Å². The number of hydrogen-bond acceptors (Lipinski definition) is 7. The molecule has 0 unspecified atom stereocenters. The first kappa shape index (κ1) is 19.6. The molecule has 0 aromatic heterocycles. The van der Waals surface area contributed by atoms with Gasteiger partial charge in [-0.2, -0.15) is 8.42 Å². The molecule has 3 aromatic rings. The van der Waals surface area contributed by atoms with Gasteiger partial charge in [0.2, 0.25) is 0 Å². The Morgan fingerprint density at radius 3 is 1.97 bits per heavy atom. The summed E-state index contributed by atoms with van der Waals surface area (Å²) in [5.74, 6) is -1.13. The van der Waals surface area contributed by atoms with Gasteiger partial charge in [0.1, 0.15) is 4.90 Å². The van der Waals surface area contributed by atoms with Gasteiger partial charge in [-0.1, -0.05) is 36.4 Å². The molecule has 152 valence electrons. The molecule has 0 fully saturated rings. The third kappa shape index (κ3) is 2.75. The van der Waals surface area contributed by atoms with Crippen LogP contribution in [0, 0.1) is 0 Å². The van der Waals surface area contributed by atoms with Crippen LogP contribution in [0.2, 0.25) is 0 Å². The van der Waals surface area contributed by atoms with E-state index in [4.69, 9.17) is 11.5 Å². The first-order valence-corrected chi connectivity index (χ1v) is 10.3. The van der Waals surface area contributed by atoms with Crippen LogP contribution in [-0.2, 0) is 10.1 Å². The van der Waals surface area contributed by atoms with Crippen molar-refractivity contribution in [2.45, 2.75) is 4.90 Å². The number of carbonyl (C=O) groups is 2. The molecule has 9 heteroatoms. The zero-order valence-electron chi connectivity index (χ0n) is 15.8. The van der Waals surface area contributed by atoms with Crippen molar-refractivity contribution < 1.29 is 22.6 Å². The maximum Gasteiger partial charge on any atom is 0.298 e. The first-order valence-electron chi connectivity index (χ1n) is 8.85. The van der Waals surface area contributed by atoms with E-state index in [0.29, 0.717) is 11.3 Å². The highest BCUT2D eigenvalue weighted by atomic mass is 32.2. The van der Waals surface area contributed by atoms with Crippen molar-refractivity contribution >= 4 is 38.7 Å². The SMILES string of the molecule is CNc1cccc(-c2c(N)c(S(=O)(=O)O)c(N)c3c2C(=O)c2ccccc2C3=O)c1. The zero-order chi connectivity index (χ0) is 21.8. The predicted octanol–water partition coefficient (Wildman–Crippen LogP) is 2.58. The van der Waals surface area contributed by atoms with Gasteiger partial charge in [0.25, 0.3) is 10.1 Å². The molecule has 30 heavy (non-hydrogen) atoms. The molecule has 0 radical (unpaired) electrons. The lowest BCUT2D eigenvalue weighted by Gasteiger charge is -2.25. The molecular formula is C21H17N3O5S. The Morgan fingerprint density at radius 1 is 0.833 bits per heavy atom. The average molecular weight is 423 g/mol. The van der Waals surface area contributed by atoms with Crippen LogP contribution in [0.25, 0.3) is 11.1 Å². The van der Waals surface area contributed by atoms with Crippen molar-refractivity contribution in [1.29, 1.82) is 0 Å². The van der Waals surface area contributed by atoms with Crippen LogP contribution in [-0.4, -0.2) is 31.6 Å². The molecule has 8 nitrogen and oxygen atoms in total. The molecule has 0 heterocycles. The van der Waals surface area contributed by atoms with Crippen LogP contribution >= 0.6 is 0 Å². The number of rotatable bonds is 3. The lowest BCUT2D eigenvalue weighted by Crippen LogP contribution is -2.26. The summed E-state index contributed by atoms with van der Waals surface area (Å²) in [4.78, 5) is 25.8.